The number of hydrogen-bond acceptors (Lipinski definition) is 3. The smallest absolute Gasteiger partial charge is 0.244 e. The molecule has 0 radical (unpaired) electrons. The third-order valence-electron chi connectivity index (χ3n) is 2.28. The number of rotatable bonds is 4. The van der Waals surface area contributed by atoms with Crippen molar-refractivity contribution in [3.63, 3.8) is 0 Å². The molecule has 0 aliphatic carbocycles. The van der Waals surface area contributed by atoms with Crippen molar-refractivity contribution in [2.45, 2.75) is 18.2 Å². The Kier molecular flexibility index (Phi) is 4.51. The fourth-order valence-corrected chi connectivity index (χ4v) is 3.61. The van der Waals surface area contributed by atoms with Crippen LogP contribution in [0.5, 0.6) is 0 Å². The summed E-state index contributed by atoms with van der Waals surface area (Å²) in [7, 11) is -2.15. The van der Waals surface area contributed by atoms with Crippen LogP contribution in [-0.4, -0.2) is 26.3 Å². The van der Waals surface area contributed by atoms with Crippen molar-refractivity contribution in [1.82, 2.24) is 4.31 Å². The van der Waals surface area contributed by atoms with Gasteiger partial charge in [-0.25, -0.2) is 17.1 Å². The summed E-state index contributed by atoms with van der Waals surface area (Å²) in [6.07, 6.45) is 0.698. The Morgan fingerprint density at radius 1 is 1.47 bits per heavy atom. The zero-order valence-electron chi connectivity index (χ0n) is 9.57. The highest BCUT2D eigenvalue weighted by Gasteiger charge is 2.24. The Balaban J connectivity index is 3.29. The lowest BCUT2D eigenvalue weighted by Crippen LogP contribution is -2.28. The second-order valence-electron chi connectivity index (χ2n) is 3.63. The van der Waals surface area contributed by atoms with Gasteiger partial charge < -0.3 is 5.73 Å². The van der Waals surface area contributed by atoms with E-state index in [-0.39, 0.29) is 15.1 Å². The lowest BCUT2D eigenvalue weighted by Gasteiger charge is -2.17. The van der Waals surface area contributed by atoms with Crippen LogP contribution in [0.25, 0.3) is 0 Å². The van der Waals surface area contributed by atoms with Gasteiger partial charge in [0.25, 0.3) is 0 Å². The SMILES string of the molecule is CCCN(C)S(=O)(=O)c1cc(N)c(F)cc1Br. The van der Waals surface area contributed by atoms with Crippen molar-refractivity contribution in [3.05, 3.63) is 22.4 Å². The highest BCUT2D eigenvalue weighted by Crippen LogP contribution is 2.28. The van der Waals surface area contributed by atoms with E-state index in [9.17, 15) is 12.8 Å². The molecular formula is C10H14BrFN2O2S. The normalized spacial score (nSPS) is 12.1. The van der Waals surface area contributed by atoms with Gasteiger partial charge in [-0.2, -0.15) is 0 Å². The van der Waals surface area contributed by atoms with Crippen LogP contribution >= 0.6 is 15.9 Å². The summed E-state index contributed by atoms with van der Waals surface area (Å²) in [5, 5.41) is 0. The molecule has 0 atom stereocenters. The third kappa shape index (κ3) is 2.97. The molecule has 0 unspecified atom stereocenters. The van der Waals surface area contributed by atoms with E-state index in [1.54, 1.807) is 0 Å². The number of nitrogen functional groups attached to an aromatic ring is 1. The van der Waals surface area contributed by atoms with Gasteiger partial charge in [0.2, 0.25) is 10.0 Å². The molecule has 0 aliphatic rings. The van der Waals surface area contributed by atoms with Gasteiger partial charge in [-0.15, -0.1) is 0 Å². The van der Waals surface area contributed by atoms with Gasteiger partial charge in [0.1, 0.15) is 5.82 Å². The molecule has 1 aromatic carbocycles. The highest BCUT2D eigenvalue weighted by molar-refractivity contribution is 9.10. The molecule has 4 nitrogen and oxygen atoms in total. The highest BCUT2D eigenvalue weighted by atomic mass is 79.9. The number of halogens is 2. The third-order valence-corrected chi connectivity index (χ3v) is 5.09. The number of nitrogens with two attached hydrogens (primary N) is 1. The van der Waals surface area contributed by atoms with Crippen LogP contribution in [0.15, 0.2) is 21.5 Å². The van der Waals surface area contributed by atoms with Gasteiger partial charge in [-0.05, 0) is 34.5 Å². The topological polar surface area (TPSA) is 63.4 Å². The van der Waals surface area contributed by atoms with Gasteiger partial charge in [-0.3, -0.25) is 0 Å². The van der Waals surface area contributed by atoms with Crippen molar-refractivity contribution in [1.29, 1.82) is 0 Å². The monoisotopic (exact) mass is 324 g/mol. The molecule has 0 saturated heterocycles. The molecule has 0 fully saturated rings. The van der Waals surface area contributed by atoms with Crippen molar-refractivity contribution in [2.24, 2.45) is 0 Å². The summed E-state index contributed by atoms with van der Waals surface area (Å²) in [5.74, 6) is -0.644. The Bertz CT molecular complexity index is 519. The summed E-state index contributed by atoms with van der Waals surface area (Å²) in [6.45, 7) is 2.27. The molecule has 0 bridgehead atoms. The van der Waals surface area contributed by atoms with Crippen molar-refractivity contribution in [3.8, 4) is 0 Å². The minimum atomic E-state index is -3.63. The minimum Gasteiger partial charge on any atom is -0.396 e. The van der Waals surface area contributed by atoms with Gasteiger partial charge in [0, 0.05) is 18.1 Å². The van der Waals surface area contributed by atoms with Crippen LogP contribution in [-0.2, 0) is 10.0 Å². The van der Waals surface area contributed by atoms with E-state index in [1.807, 2.05) is 6.92 Å². The Labute approximate surface area is 109 Å². The maximum atomic E-state index is 13.1. The van der Waals surface area contributed by atoms with Crippen LogP contribution < -0.4 is 5.73 Å². The first-order valence-corrected chi connectivity index (χ1v) is 7.24. The van der Waals surface area contributed by atoms with E-state index < -0.39 is 15.8 Å². The molecule has 0 heterocycles. The van der Waals surface area contributed by atoms with E-state index in [4.69, 9.17) is 5.73 Å². The van der Waals surface area contributed by atoms with E-state index in [2.05, 4.69) is 15.9 Å². The van der Waals surface area contributed by atoms with Crippen molar-refractivity contribution < 1.29 is 12.8 Å². The standard InChI is InChI=1S/C10H14BrFN2O2S/c1-3-4-14(2)17(15,16)10-6-9(13)8(12)5-7(10)11/h5-6H,3-4,13H2,1-2H3. The van der Waals surface area contributed by atoms with Crippen molar-refractivity contribution in [2.75, 3.05) is 19.3 Å². The quantitative estimate of drug-likeness (QED) is 0.863. The van der Waals surface area contributed by atoms with Crippen LogP contribution in [0.1, 0.15) is 13.3 Å². The number of anilines is 1. The lowest BCUT2D eigenvalue weighted by atomic mass is 10.3. The lowest BCUT2D eigenvalue weighted by molar-refractivity contribution is 0.468. The number of sulfonamides is 1. The largest absolute Gasteiger partial charge is 0.396 e. The molecule has 1 rings (SSSR count). The summed E-state index contributed by atoms with van der Waals surface area (Å²) in [6, 6.07) is 2.18. The Morgan fingerprint density at radius 2 is 2.06 bits per heavy atom. The first-order chi connectivity index (χ1) is 7.80. The maximum Gasteiger partial charge on any atom is 0.244 e. The molecule has 96 valence electrons. The van der Waals surface area contributed by atoms with Gasteiger partial charge in [0.15, 0.2) is 0 Å². The van der Waals surface area contributed by atoms with Crippen LogP contribution in [0.3, 0.4) is 0 Å². The molecule has 7 heteroatoms. The van der Waals surface area contributed by atoms with E-state index in [0.29, 0.717) is 13.0 Å². The van der Waals surface area contributed by atoms with Gasteiger partial charge >= 0.3 is 0 Å². The molecule has 0 aromatic heterocycles. The predicted octanol–water partition coefficient (Wildman–Crippen LogP) is 2.20. The van der Waals surface area contributed by atoms with Crippen LogP contribution in [0.4, 0.5) is 10.1 Å². The summed E-state index contributed by atoms with van der Waals surface area (Å²) >= 11 is 3.04. The predicted molar refractivity (Wildman–Crippen MR) is 68.6 cm³/mol. The number of benzene rings is 1. The first kappa shape index (κ1) is 14.4. The molecule has 2 N–H and O–H groups in total. The van der Waals surface area contributed by atoms with E-state index >= 15 is 0 Å². The fraction of sp³-hybridized carbons (Fsp3) is 0.400. The average Bonchev–Trinajstić information content (AvgIpc) is 2.23. The molecule has 0 saturated carbocycles. The molecule has 0 amide bonds. The second-order valence-corrected chi connectivity index (χ2v) is 6.50. The second kappa shape index (κ2) is 5.32. The Hall–Kier alpha value is -0.660. The zero-order chi connectivity index (χ0) is 13.2. The van der Waals surface area contributed by atoms with Crippen LogP contribution in [0.2, 0.25) is 0 Å². The first-order valence-electron chi connectivity index (χ1n) is 5.01. The van der Waals surface area contributed by atoms with Crippen LogP contribution in [0, 0.1) is 5.82 Å². The summed E-state index contributed by atoms with van der Waals surface area (Å²) in [5.41, 5.74) is 5.20. The van der Waals surface area contributed by atoms with Gasteiger partial charge in [-0.1, -0.05) is 6.92 Å². The van der Waals surface area contributed by atoms with E-state index in [0.717, 1.165) is 12.1 Å². The fourth-order valence-electron chi connectivity index (χ4n) is 1.35. The average molecular weight is 325 g/mol. The maximum absolute atomic E-state index is 13.1. The zero-order valence-corrected chi connectivity index (χ0v) is 12.0. The molecule has 1 aromatic rings. The van der Waals surface area contributed by atoms with Gasteiger partial charge in [0.05, 0.1) is 10.6 Å². The molecule has 0 spiro atoms. The molecule has 0 aliphatic heterocycles. The van der Waals surface area contributed by atoms with Crippen molar-refractivity contribution >= 4 is 31.6 Å². The summed E-state index contributed by atoms with van der Waals surface area (Å²) in [4.78, 5) is -0.0210. The number of hydrogen-bond donors (Lipinski definition) is 1. The summed E-state index contributed by atoms with van der Waals surface area (Å²) < 4.78 is 38.8. The molecule has 17 heavy (non-hydrogen) atoms. The van der Waals surface area contributed by atoms with E-state index in [1.165, 1.54) is 11.4 Å². The minimum absolute atomic E-state index is 0.0210. The Morgan fingerprint density at radius 3 is 2.59 bits per heavy atom. The molecular weight excluding hydrogens is 311 g/mol. The number of nitrogens with zero attached hydrogens (tertiary/aromatic N) is 1.